The van der Waals surface area contributed by atoms with Crippen LogP contribution >= 0.6 is 24.8 Å². The fourth-order valence-corrected chi connectivity index (χ4v) is 3.34. The molecule has 2 heterocycles. The fraction of sp³-hybridized carbons (Fsp3) is 0.933. The molecule has 0 bridgehead atoms. The van der Waals surface area contributed by atoms with Crippen LogP contribution in [0, 0.1) is 0 Å². The molecule has 0 saturated carbocycles. The third kappa shape index (κ3) is 6.20. The quantitative estimate of drug-likeness (QED) is 0.774. The Labute approximate surface area is 147 Å². The zero-order chi connectivity index (χ0) is 14.4. The Morgan fingerprint density at radius 3 is 2.32 bits per heavy atom. The van der Waals surface area contributed by atoms with E-state index in [4.69, 9.17) is 0 Å². The molecular weight excluding hydrogens is 323 g/mol. The molecule has 7 heteroatoms. The van der Waals surface area contributed by atoms with E-state index < -0.39 is 0 Å². The average molecular weight is 355 g/mol. The van der Waals surface area contributed by atoms with E-state index in [1.807, 2.05) is 7.05 Å². The average Bonchev–Trinajstić information content (AvgIpc) is 2.94. The van der Waals surface area contributed by atoms with E-state index in [2.05, 4.69) is 26.9 Å². The van der Waals surface area contributed by atoms with Crippen LogP contribution in [0.1, 0.15) is 26.2 Å². The van der Waals surface area contributed by atoms with Gasteiger partial charge in [-0.3, -0.25) is 4.79 Å². The minimum Gasteiger partial charge on any atom is -0.338 e. The van der Waals surface area contributed by atoms with Crippen molar-refractivity contribution < 1.29 is 4.79 Å². The summed E-state index contributed by atoms with van der Waals surface area (Å²) in [4.78, 5) is 19.4. The van der Waals surface area contributed by atoms with E-state index in [9.17, 15) is 4.79 Å². The van der Waals surface area contributed by atoms with Gasteiger partial charge in [0, 0.05) is 58.3 Å². The van der Waals surface area contributed by atoms with Gasteiger partial charge in [0.15, 0.2) is 0 Å². The lowest BCUT2D eigenvalue weighted by Crippen LogP contribution is -2.47. The summed E-state index contributed by atoms with van der Waals surface area (Å²) >= 11 is 0. The number of amides is 1. The molecule has 0 aromatic rings. The zero-order valence-electron chi connectivity index (χ0n) is 13.9. The summed E-state index contributed by atoms with van der Waals surface area (Å²) in [5.74, 6) is 0.348. The smallest absolute Gasteiger partial charge is 0.224 e. The number of piperazine rings is 1. The molecule has 0 aliphatic carbocycles. The van der Waals surface area contributed by atoms with Gasteiger partial charge in [0.05, 0.1) is 0 Å². The molecule has 2 rings (SSSR count). The molecule has 1 unspecified atom stereocenters. The minimum absolute atomic E-state index is 0. The van der Waals surface area contributed by atoms with Gasteiger partial charge in [-0.15, -0.1) is 24.8 Å². The Balaban J connectivity index is 0.00000220. The van der Waals surface area contributed by atoms with Crippen LogP contribution in [0.5, 0.6) is 0 Å². The van der Waals surface area contributed by atoms with Crippen molar-refractivity contribution in [1.82, 2.24) is 20.0 Å². The molecule has 0 spiro atoms. The first kappa shape index (κ1) is 21.9. The van der Waals surface area contributed by atoms with Crippen molar-refractivity contribution in [3.63, 3.8) is 0 Å². The lowest BCUT2D eigenvalue weighted by atomic mass is 10.2. The Morgan fingerprint density at radius 2 is 1.73 bits per heavy atom. The van der Waals surface area contributed by atoms with Crippen molar-refractivity contribution in [2.75, 3.05) is 59.4 Å². The molecule has 2 saturated heterocycles. The van der Waals surface area contributed by atoms with Crippen LogP contribution in [0.15, 0.2) is 0 Å². The molecule has 2 fully saturated rings. The third-order valence-corrected chi connectivity index (χ3v) is 4.69. The van der Waals surface area contributed by atoms with E-state index in [1.165, 1.54) is 0 Å². The van der Waals surface area contributed by atoms with Crippen molar-refractivity contribution in [1.29, 1.82) is 0 Å². The maximum absolute atomic E-state index is 12.4. The van der Waals surface area contributed by atoms with Gasteiger partial charge in [0.1, 0.15) is 0 Å². The van der Waals surface area contributed by atoms with Gasteiger partial charge >= 0.3 is 0 Å². The van der Waals surface area contributed by atoms with Crippen LogP contribution in [-0.4, -0.2) is 86.1 Å². The Hall–Kier alpha value is -0.0700. The number of nitrogens with one attached hydrogen (secondary N) is 1. The highest BCUT2D eigenvalue weighted by molar-refractivity contribution is 5.85. The van der Waals surface area contributed by atoms with Crippen LogP contribution in [0.2, 0.25) is 0 Å². The van der Waals surface area contributed by atoms with Gasteiger partial charge in [-0.05, 0) is 26.4 Å². The van der Waals surface area contributed by atoms with Gasteiger partial charge in [-0.25, -0.2) is 0 Å². The van der Waals surface area contributed by atoms with Crippen LogP contribution in [-0.2, 0) is 4.79 Å². The van der Waals surface area contributed by atoms with Crippen LogP contribution in [0.3, 0.4) is 0 Å². The number of nitrogens with zero attached hydrogens (tertiary/aromatic N) is 3. The summed E-state index contributed by atoms with van der Waals surface area (Å²) in [6.07, 6.45) is 3.00. The summed E-state index contributed by atoms with van der Waals surface area (Å²) < 4.78 is 0. The number of halogens is 2. The molecular formula is C15H32Cl2N4O. The van der Waals surface area contributed by atoms with Gasteiger partial charge in [0.25, 0.3) is 0 Å². The van der Waals surface area contributed by atoms with E-state index in [0.717, 1.165) is 65.2 Å². The van der Waals surface area contributed by atoms with E-state index in [-0.39, 0.29) is 24.8 Å². The molecule has 5 nitrogen and oxygen atoms in total. The molecule has 132 valence electrons. The van der Waals surface area contributed by atoms with E-state index in [0.29, 0.717) is 18.4 Å². The molecule has 0 aromatic heterocycles. The molecule has 22 heavy (non-hydrogen) atoms. The molecule has 2 aliphatic heterocycles. The van der Waals surface area contributed by atoms with Gasteiger partial charge in [-0.1, -0.05) is 6.92 Å². The highest BCUT2D eigenvalue weighted by Gasteiger charge is 2.28. The first-order valence-electron chi connectivity index (χ1n) is 8.13. The second-order valence-corrected chi connectivity index (χ2v) is 5.97. The number of likely N-dealkylation sites (tertiary alicyclic amines) is 1. The molecule has 1 amide bonds. The molecule has 0 aromatic carbocycles. The maximum Gasteiger partial charge on any atom is 0.224 e. The highest BCUT2D eigenvalue weighted by Crippen LogP contribution is 2.17. The summed E-state index contributed by atoms with van der Waals surface area (Å²) in [7, 11) is 1.97. The second kappa shape index (κ2) is 11.5. The number of rotatable bonds is 6. The van der Waals surface area contributed by atoms with Gasteiger partial charge < -0.3 is 20.0 Å². The maximum atomic E-state index is 12.4. The summed E-state index contributed by atoms with van der Waals surface area (Å²) in [5.41, 5.74) is 0. The van der Waals surface area contributed by atoms with Crippen molar-refractivity contribution in [3.8, 4) is 0 Å². The first-order chi connectivity index (χ1) is 9.74. The largest absolute Gasteiger partial charge is 0.338 e. The van der Waals surface area contributed by atoms with Crippen molar-refractivity contribution in [3.05, 3.63) is 0 Å². The topological polar surface area (TPSA) is 38.8 Å². The van der Waals surface area contributed by atoms with Crippen molar-refractivity contribution >= 4 is 30.7 Å². The van der Waals surface area contributed by atoms with E-state index >= 15 is 0 Å². The summed E-state index contributed by atoms with van der Waals surface area (Å²) in [6.45, 7) is 10.7. The Kier molecular flexibility index (Phi) is 11.4. The molecule has 1 N–H and O–H groups in total. The predicted octanol–water partition coefficient (Wildman–Crippen LogP) is 1.07. The Bertz CT molecular complexity index is 312. The summed E-state index contributed by atoms with van der Waals surface area (Å²) in [5, 5.41) is 3.20. The lowest BCUT2D eigenvalue weighted by Gasteiger charge is -2.34. The Morgan fingerprint density at radius 1 is 1.09 bits per heavy atom. The zero-order valence-corrected chi connectivity index (χ0v) is 15.6. The predicted molar refractivity (Wildman–Crippen MR) is 96.3 cm³/mol. The highest BCUT2D eigenvalue weighted by atomic mass is 35.5. The number of carbonyl (C=O) groups is 1. The monoisotopic (exact) mass is 354 g/mol. The van der Waals surface area contributed by atoms with E-state index in [1.54, 1.807) is 0 Å². The minimum atomic E-state index is 0. The third-order valence-electron chi connectivity index (χ3n) is 4.69. The number of hydrogen-bond acceptors (Lipinski definition) is 4. The molecule has 2 aliphatic rings. The number of hydrogen-bond donors (Lipinski definition) is 1. The van der Waals surface area contributed by atoms with Crippen LogP contribution < -0.4 is 5.32 Å². The van der Waals surface area contributed by atoms with Crippen molar-refractivity contribution in [2.24, 2.45) is 0 Å². The molecule has 1 atom stereocenters. The SMILES string of the molecule is CCN1CCN(CCC(=O)N2CCCC2CNC)CC1.Cl.Cl. The fourth-order valence-electron chi connectivity index (χ4n) is 3.34. The van der Waals surface area contributed by atoms with Gasteiger partial charge in [0.2, 0.25) is 5.91 Å². The van der Waals surface area contributed by atoms with Crippen LogP contribution in [0.25, 0.3) is 0 Å². The first-order valence-corrected chi connectivity index (χ1v) is 8.13. The lowest BCUT2D eigenvalue weighted by molar-refractivity contribution is -0.132. The number of likely N-dealkylation sites (N-methyl/N-ethyl adjacent to an activating group) is 2. The van der Waals surface area contributed by atoms with Gasteiger partial charge in [-0.2, -0.15) is 0 Å². The second-order valence-electron chi connectivity index (χ2n) is 5.97. The van der Waals surface area contributed by atoms with Crippen LogP contribution in [0.4, 0.5) is 0 Å². The van der Waals surface area contributed by atoms with Crippen molar-refractivity contribution in [2.45, 2.75) is 32.2 Å². The number of carbonyl (C=O) groups excluding carboxylic acids is 1. The summed E-state index contributed by atoms with van der Waals surface area (Å²) in [6, 6.07) is 0.421. The molecule has 0 radical (unpaired) electrons. The normalized spacial score (nSPS) is 23.0. The standard InChI is InChI=1S/C15H30N4O.2ClH/c1-3-17-9-11-18(12-10-17)8-6-15(20)19-7-4-5-14(19)13-16-2;;/h14,16H,3-13H2,1-2H3;2*1H.